The summed E-state index contributed by atoms with van der Waals surface area (Å²) in [7, 11) is 0. The topological polar surface area (TPSA) is 46.6 Å². The minimum absolute atomic E-state index is 0.00191. The number of ketones is 1. The fourth-order valence-electron chi connectivity index (χ4n) is 4.60. The van der Waals surface area contributed by atoms with E-state index in [0.29, 0.717) is 42.0 Å². The lowest BCUT2D eigenvalue weighted by molar-refractivity contribution is -0.121. The van der Waals surface area contributed by atoms with Crippen molar-refractivity contribution in [3.63, 3.8) is 0 Å². The molecule has 4 nitrogen and oxygen atoms in total. The molecule has 1 aliphatic heterocycles. The van der Waals surface area contributed by atoms with Gasteiger partial charge in [-0.05, 0) is 54.7 Å². The molecule has 2 aliphatic rings. The molecule has 0 spiro atoms. The molecule has 0 saturated heterocycles. The molecular formula is C25H26FNO3. The quantitative estimate of drug-likeness (QED) is 0.683. The molecule has 0 saturated carbocycles. The molecule has 1 unspecified atom stereocenters. The largest absolute Gasteiger partial charge is 0.494 e. The summed E-state index contributed by atoms with van der Waals surface area (Å²) in [6, 6.07) is 13.8. The Labute approximate surface area is 176 Å². The van der Waals surface area contributed by atoms with E-state index in [-0.39, 0.29) is 29.3 Å². The summed E-state index contributed by atoms with van der Waals surface area (Å²) in [6.45, 7) is 6.53. The number of benzene rings is 2. The summed E-state index contributed by atoms with van der Waals surface area (Å²) < 4.78 is 20.1. The highest BCUT2D eigenvalue weighted by atomic mass is 19.1. The van der Waals surface area contributed by atoms with Crippen LogP contribution < -0.4 is 9.64 Å². The smallest absolute Gasteiger partial charge is 0.232 e. The second-order valence-corrected chi connectivity index (χ2v) is 8.74. The number of nitrogens with zero attached hydrogens (tertiary/aromatic N) is 1. The molecule has 1 aliphatic carbocycles. The minimum Gasteiger partial charge on any atom is -0.494 e. The van der Waals surface area contributed by atoms with Crippen LogP contribution in [-0.2, 0) is 9.59 Å². The van der Waals surface area contributed by atoms with Gasteiger partial charge in [0.2, 0.25) is 5.91 Å². The summed E-state index contributed by atoms with van der Waals surface area (Å²) in [5.41, 5.74) is 2.13. The van der Waals surface area contributed by atoms with Crippen LogP contribution in [-0.4, -0.2) is 18.3 Å². The number of ether oxygens (including phenoxy) is 1. The van der Waals surface area contributed by atoms with Gasteiger partial charge < -0.3 is 4.74 Å². The molecule has 4 rings (SSSR count). The first kappa shape index (κ1) is 20.3. The van der Waals surface area contributed by atoms with E-state index in [1.54, 1.807) is 23.1 Å². The monoisotopic (exact) mass is 407 g/mol. The number of allylic oxidation sites excluding steroid dienone is 2. The average Bonchev–Trinajstić information content (AvgIpc) is 2.68. The molecule has 156 valence electrons. The molecule has 5 heteroatoms. The van der Waals surface area contributed by atoms with Crippen LogP contribution in [0.5, 0.6) is 5.75 Å². The number of hydrogen-bond acceptors (Lipinski definition) is 3. The van der Waals surface area contributed by atoms with Crippen LogP contribution in [0.1, 0.15) is 51.5 Å². The lowest BCUT2D eigenvalue weighted by Crippen LogP contribution is -2.43. The molecule has 0 fully saturated rings. The van der Waals surface area contributed by atoms with Crippen molar-refractivity contribution in [1.29, 1.82) is 0 Å². The van der Waals surface area contributed by atoms with Gasteiger partial charge in [-0.1, -0.05) is 32.0 Å². The van der Waals surface area contributed by atoms with Crippen LogP contribution >= 0.6 is 0 Å². The Hall–Kier alpha value is -2.95. The summed E-state index contributed by atoms with van der Waals surface area (Å²) in [5, 5.41) is 0. The van der Waals surface area contributed by atoms with Crippen LogP contribution in [0.15, 0.2) is 59.8 Å². The van der Waals surface area contributed by atoms with Gasteiger partial charge in [-0.25, -0.2) is 4.39 Å². The lowest BCUT2D eigenvalue weighted by Gasteiger charge is -2.43. The molecule has 2 aromatic carbocycles. The first-order valence-electron chi connectivity index (χ1n) is 10.4. The molecule has 30 heavy (non-hydrogen) atoms. The van der Waals surface area contributed by atoms with Gasteiger partial charge in [0.15, 0.2) is 5.78 Å². The molecule has 0 N–H and O–H groups in total. The molecule has 0 radical (unpaired) electrons. The number of halogens is 1. The van der Waals surface area contributed by atoms with Crippen molar-refractivity contribution in [3.8, 4) is 5.75 Å². The third-order valence-corrected chi connectivity index (χ3v) is 5.83. The normalized spacial score (nSPS) is 20.9. The van der Waals surface area contributed by atoms with E-state index >= 15 is 0 Å². The number of Topliss-reactive ketones (excluding diaryl/α,β-unsaturated/α-hetero) is 1. The molecule has 0 aromatic heterocycles. The van der Waals surface area contributed by atoms with Crippen LogP contribution in [0, 0.1) is 11.2 Å². The Morgan fingerprint density at radius 3 is 2.43 bits per heavy atom. The molecule has 2 aromatic rings. The Kier molecular flexibility index (Phi) is 5.22. The number of carbonyl (C=O) groups excluding carboxylic acids is 2. The minimum atomic E-state index is -0.545. The SMILES string of the molecule is CCOc1ccc(N2C(=O)CC(c3ccccc3F)C3=C2CC(C)(C)CC3=O)cc1. The maximum atomic E-state index is 14.6. The van der Waals surface area contributed by atoms with E-state index in [1.807, 2.05) is 45.0 Å². The van der Waals surface area contributed by atoms with Crippen molar-refractivity contribution in [3.05, 3.63) is 71.2 Å². The molecule has 1 amide bonds. The van der Waals surface area contributed by atoms with Crippen LogP contribution in [0.25, 0.3) is 0 Å². The van der Waals surface area contributed by atoms with Crippen LogP contribution in [0.3, 0.4) is 0 Å². The van der Waals surface area contributed by atoms with Gasteiger partial charge in [0.25, 0.3) is 0 Å². The highest BCUT2D eigenvalue weighted by Crippen LogP contribution is 2.48. The second-order valence-electron chi connectivity index (χ2n) is 8.74. The van der Waals surface area contributed by atoms with E-state index < -0.39 is 5.92 Å². The van der Waals surface area contributed by atoms with Gasteiger partial charge in [0, 0.05) is 35.7 Å². The van der Waals surface area contributed by atoms with Gasteiger partial charge in [0.1, 0.15) is 11.6 Å². The maximum Gasteiger partial charge on any atom is 0.232 e. The van der Waals surface area contributed by atoms with E-state index in [1.165, 1.54) is 6.07 Å². The van der Waals surface area contributed by atoms with Crippen molar-refractivity contribution < 1.29 is 18.7 Å². The van der Waals surface area contributed by atoms with Crippen molar-refractivity contribution in [1.82, 2.24) is 0 Å². The first-order chi connectivity index (χ1) is 14.3. The van der Waals surface area contributed by atoms with Gasteiger partial charge in [-0.2, -0.15) is 0 Å². The van der Waals surface area contributed by atoms with E-state index in [0.717, 1.165) is 5.75 Å². The van der Waals surface area contributed by atoms with Crippen molar-refractivity contribution >= 4 is 17.4 Å². The number of anilines is 1. The Morgan fingerprint density at radius 1 is 1.07 bits per heavy atom. The van der Waals surface area contributed by atoms with Crippen molar-refractivity contribution in [2.24, 2.45) is 5.41 Å². The highest BCUT2D eigenvalue weighted by molar-refractivity contribution is 6.07. The lowest BCUT2D eigenvalue weighted by atomic mass is 9.69. The molecule has 0 bridgehead atoms. The van der Waals surface area contributed by atoms with Gasteiger partial charge >= 0.3 is 0 Å². The highest BCUT2D eigenvalue weighted by Gasteiger charge is 2.44. The molecule has 1 heterocycles. The fourth-order valence-corrected chi connectivity index (χ4v) is 4.60. The van der Waals surface area contributed by atoms with Crippen LogP contribution in [0.2, 0.25) is 0 Å². The predicted molar refractivity (Wildman–Crippen MR) is 114 cm³/mol. The Balaban J connectivity index is 1.85. The van der Waals surface area contributed by atoms with Gasteiger partial charge in [-0.3, -0.25) is 14.5 Å². The number of hydrogen-bond donors (Lipinski definition) is 0. The molecular weight excluding hydrogens is 381 g/mol. The molecule has 1 atom stereocenters. The summed E-state index contributed by atoms with van der Waals surface area (Å²) in [5.74, 6) is -0.329. The second kappa shape index (κ2) is 7.71. The van der Waals surface area contributed by atoms with Crippen LogP contribution in [0.4, 0.5) is 10.1 Å². The standard InChI is InChI=1S/C25H26FNO3/c1-4-30-17-11-9-16(10-12-17)27-21-14-25(2,3)15-22(28)24(21)19(13-23(27)29)18-7-5-6-8-20(18)26/h5-12,19H,4,13-15H2,1-3H3. The fraction of sp³-hybridized carbons (Fsp3) is 0.360. The predicted octanol–water partition coefficient (Wildman–Crippen LogP) is 5.39. The maximum absolute atomic E-state index is 14.6. The van der Waals surface area contributed by atoms with Gasteiger partial charge in [0.05, 0.1) is 6.61 Å². The Bertz CT molecular complexity index is 1020. The zero-order valence-electron chi connectivity index (χ0n) is 17.6. The average molecular weight is 407 g/mol. The van der Waals surface area contributed by atoms with Crippen molar-refractivity contribution in [2.75, 3.05) is 11.5 Å². The summed E-state index contributed by atoms with van der Waals surface area (Å²) >= 11 is 0. The first-order valence-corrected chi connectivity index (χ1v) is 10.4. The van der Waals surface area contributed by atoms with Crippen molar-refractivity contribution in [2.45, 2.75) is 46.0 Å². The van der Waals surface area contributed by atoms with E-state index in [4.69, 9.17) is 4.74 Å². The summed E-state index contributed by atoms with van der Waals surface area (Å²) in [6.07, 6.45) is 1.04. The number of rotatable bonds is 4. The third-order valence-electron chi connectivity index (χ3n) is 5.83. The van der Waals surface area contributed by atoms with E-state index in [9.17, 15) is 14.0 Å². The number of carbonyl (C=O) groups is 2. The zero-order valence-corrected chi connectivity index (χ0v) is 17.6. The van der Waals surface area contributed by atoms with E-state index in [2.05, 4.69) is 0 Å². The Morgan fingerprint density at radius 2 is 1.77 bits per heavy atom. The van der Waals surface area contributed by atoms with Gasteiger partial charge in [-0.15, -0.1) is 0 Å². The third kappa shape index (κ3) is 3.64. The zero-order chi connectivity index (χ0) is 21.5. The number of amides is 1. The summed E-state index contributed by atoms with van der Waals surface area (Å²) in [4.78, 5) is 28.2.